The van der Waals surface area contributed by atoms with Crippen LogP contribution in [-0.2, 0) is 28.5 Å². The molecule has 1 unspecified atom stereocenters. The van der Waals surface area contributed by atoms with Crippen LogP contribution < -0.4 is 10.6 Å². The largest absolute Gasteiger partial charge is 0.378 e. The minimum Gasteiger partial charge on any atom is -0.378 e. The fraction of sp³-hybridized carbons (Fsp3) is 0.955. The summed E-state index contributed by atoms with van der Waals surface area (Å²) in [4.78, 5) is 11.5. The number of hydrogen-bond donors (Lipinski definition) is 2. The summed E-state index contributed by atoms with van der Waals surface area (Å²) in [6.45, 7) is 16.1. The van der Waals surface area contributed by atoms with Gasteiger partial charge in [0.05, 0.1) is 71.6 Å². The predicted octanol–water partition coefficient (Wildman–Crippen LogP) is 2.45. The SMILES string of the molecule is CC(C)NCCOCCOCCOCCOCCOC(C)(C)C(F)CNC(=O)C(C)C.[HH].[HH]. The van der Waals surface area contributed by atoms with E-state index in [9.17, 15) is 9.18 Å². The van der Waals surface area contributed by atoms with Crippen molar-refractivity contribution in [3.63, 3.8) is 0 Å². The summed E-state index contributed by atoms with van der Waals surface area (Å²) in [6, 6.07) is 0.470. The molecule has 0 spiro atoms. The Labute approximate surface area is 190 Å². The second-order valence-corrected chi connectivity index (χ2v) is 8.38. The lowest BCUT2D eigenvalue weighted by Gasteiger charge is -2.29. The molecule has 0 saturated heterocycles. The number of amides is 1. The molecule has 0 radical (unpaired) electrons. The third-order valence-electron chi connectivity index (χ3n) is 4.35. The van der Waals surface area contributed by atoms with Gasteiger partial charge in [-0.1, -0.05) is 27.7 Å². The number of rotatable bonds is 21. The van der Waals surface area contributed by atoms with Crippen molar-refractivity contribution < 1.29 is 35.7 Å². The van der Waals surface area contributed by atoms with Crippen molar-refractivity contribution >= 4 is 5.91 Å². The highest BCUT2D eigenvalue weighted by Gasteiger charge is 2.30. The maximum atomic E-state index is 14.3. The molecule has 1 amide bonds. The molecule has 31 heavy (non-hydrogen) atoms. The monoisotopic (exact) mass is 456 g/mol. The Hall–Kier alpha value is -0.840. The van der Waals surface area contributed by atoms with Crippen molar-refractivity contribution in [1.29, 1.82) is 0 Å². The van der Waals surface area contributed by atoms with E-state index < -0.39 is 11.8 Å². The van der Waals surface area contributed by atoms with Crippen molar-refractivity contribution in [3.8, 4) is 0 Å². The van der Waals surface area contributed by atoms with Crippen molar-refractivity contribution in [3.05, 3.63) is 0 Å². The Kier molecular flexibility index (Phi) is 18.2. The molecule has 0 aliphatic rings. The predicted molar refractivity (Wildman–Crippen MR) is 123 cm³/mol. The summed E-state index contributed by atoms with van der Waals surface area (Å²) < 4.78 is 41.6. The molecular weight excluding hydrogens is 407 g/mol. The molecule has 0 aromatic heterocycles. The van der Waals surface area contributed by atoms with E-state index >= 15 is 0 Å². The normalized spacial score (nSPS) is 13.2. The first-order valence-corrected chi connectivity index (χ1v) is 11.3. The molecule has 1 atom stereocenters. The summed E-state index contributed by atoms with van der Waals surface area (Å²) in [5.41, 5.74) is -1.00. The highest BCUT2D eigenvalue weighted by atomic mass is 19.1. The molecule has 0 aliphatic heterocycles. The number of hydrogen-bond acceptors (Lipinski definition) is 7. The first-order valence-electron chi connectivity index (χ1n) is 11.3. The Bertz CT molecular complexity index is 449. The van der Waals surface area contributed by atoms with Crippen LogP contribution in [0, 0.1) is 5.92 Å². The van der Waals surface area contributed by atoms with Gasteiger partial charge in [-0.2, -0.15) is 0 Å². The van der Waals surface area contributed by atoms with Crippen LogP contribution >= 0.6 is 0 Å². The minimum atomic E-state index is -1.30. The zero-order valence-electron chi connectivity index (χ0n) is 20.3. The molecular formula is C22H49FN2O6. The summed E-state index contributed by atoms with van der Waals surface area (Å²) in [7, 11) is 0. The van der Waals surface area contributed by atoms with Crippen LogP contribution in [0.1, 0.15) is 44.4 Å². The fourth-order valence-electron chi connectivity index (χ4n) is 2.28. The van der Waals surface area contributed by atoms with Crippen LogP contribution in [0.3, 0.4) is 0 Å². The van der Waals surface area contributed by atoms with E-state index in [4.69, 9.17) is 23.7 Å². The Morgan fingerprint density at radius 1 is 0.839 bits per heavy atom. The molecule has 0 aromatic carbocycles. The second kappa shape index (κ2) is 18.7. The van der Waals surface area contributed by atoms with Crippen molar-refractivity contribution in [2.75, 3.05) is 72.6 Å². The summed E-state index contributed by atoms with van der Waals surface area (Å²) in [5.74, 6) is -0.343. The van der Waals surface area contributed by atoms with Gasteiger partial charge in [0.2, 0.25) is 5.91 Å². The molecule has 0 bridgehead atoms. The number of alkyl halides is 1. The minimum absolute atomic E-state index is 0. The molecule has 190 valence electrons. The first kappa shape index (κ1) is 30.2. The number of carbonyl (C=O) groups excluding carboxylic acids is 1. The van der Waals surface area contributed by atoms with Gasteiger partial charge in [-0.05, 0) is 13.8 Å². The second-order valence-electron chi connectivity index (χ2n) is 8.38. The lowest BCUT2D eigenvalue weighted by Crippen LogP contribution is -2.45. The fourth-order valence-corrected chi connectivity index (χ4v) is 2.28. The van der Waals surface area contributed by atoms with Gasteiger partial charge in [0.15, 0.2) is 0 Å². The third-order valence-corrected chi connectivity index (χ3v) is 4.35. The van der Waals surface area contributed by atoms with Gasteiger partial charge in [0, 0.05) is 21.4 Å². The van der Waals surface area contributed by atoms with Gasteiger partial charge in [-0.25, -0.2) is 4.39 Å². The number of halogens is 1. The van der Waals surface area contributed by atoms with E-state index in [1.807, 2.05) is 0 Å². The van der Waals surface area contributed by atoms with Crippen LogP contribution in [-0.4, -0.2) is 96.3 Å². The van der Waals surface area contributed by atoms with Crippen molar-refractivity contribution in [2.24, 2.45) is 5.92 Å². The number of nitrogens with one attached hydrogen (secondary N) is 2. The van der Waals surface area contributed by atoms with Crippen LogP contribution in [0.15, 0.2) is 0 Å². The van der Waals surface area contributed by atoms with Gasteiger partial charge >= 0.3 is 0 Å². The maximum absolute atomic E-state index is 14.3. The molecule has 0 saturated carbocycles. The van der Waals surface area contributed by atoms with Crippen LogP contribution in [0.2, 0.25) is 0 Å². The van der Waals surface area contributed by atoms with Crippen LogP contribution in [0.25, 0.3) is 0 Å². The average molecular weight is 457 g/mol. The smallest absolute Gasteiger partial charge is 0.222 e. The van der Waals surface area contributed by atoms with Gasteiger partial charge in [-0.3, -0.25) is 4.79 Å². The summed E-state index contributed by atoms with van der Waals surface area (Å²) in [6.07, 6.45) is -1.30. The molecule has 0 heterocycles. The topological polar surface area (TPSA) is 87.3 Å². The molecule has 0 fully saturated rings. The molecule has 0 aromatic rings. The Morgan fingerprint density at radius 2 is 1.29 bits per heavy atom. The first-order chi connectivity index (χ1) is 14.7. The zero-order chi connectivity index (χ0) is 23.5. The standard InChI is InChI=1S/C22H45FN2O6.2H2/c1-18(2)21(26)25-17-20(23)22(5,6)31-16-15-30-14-13-29-12-11-28-10-9-27-8-7-24-19(3)4;;/h18-20,24H,7-17H2,1-6H3,(H,25,26);2*1H. The van der Waals surface area contributed by atoms with Crippen LogP contribution in [0.4, 0.5) is 4.39 Å². The average Bonchev–Trinajstić information content (AvgIpc) is 2.70. The Balaban J connectivity index is -0.00000450. The van der Waals surface area contributed by atoms with E-state index in [-0.39, 0.29) is 27.8 Å². The zero-order valence-corrected chi connectivity index (χ0v) is 20.3. The molecule has 0 rings (SSSR count). The van der Waals surface area contributed by atoms with E-state index in [0.29, 0.717) is 58.9 Å². The van der Waals surface area contributed by atoms with Crippen molar-refractivity contribution in [2.45, 2.75) is 59.4 Å². The number of ether oxygens (including phenoxy) is 5. The van der Waals surface area contributed by atoms with E-state index in [1.165, 1.54) is 0 Å². The highest BCUT2D eigenvalue weighted by Crippen LogP contribution is 2.17. The van der Waals surface area contributed by atoms with Gasteiger partial charge < -0.3 is 34.3 Å². The number of carbonyl (C=O) groups is 1. The van der Waals surface area contributed by atoms with Gasteiger partial charge in [0.1, 0.15) is 6.17 Å². The highest BCUT2D eigenvalue weighted by molar-refractivity contribution is 5.77. The molecule has 2 N–H and O–H groups in total. The maximum Gasteiger partial charge on any atom is 0.222 e. The lowest BCUT2D eigenvalue weighted by molar-refractivity contribution is -0.125. The van der Waals surface area contributed by atoms with E-state index in [0.717, 1.165) is 6.54 Å². The molecule has 9 heteroatoms. The summed E-state index contributed by atoms with van der Waals surface area (Å²) >= 11 is 0. The van der Waals surface area contributed by atoms with E-state index in [1.54, 1.807) is 27.7 Å². The van der Waals surface area contributed by atoms with Gasteiger partial charge in [0.25, 0.3) is 0 Å². The quantitative estimate of drug-likeness (QED) is 0.257. The third kappa shape index (κ3) is 18.4. The van der Waals surface area contributed by atoms with Crippen LogP contribution in [0.5, 0.6) is 0 Å². The lowest BCUT2D eigenvalue weighted by atomic mass is 10.0. The molecule has 0 aliphatic carbocycles. The van der Waals surface area contributed by atoms with E-state index in [2.05, 4.69) is 24.5 Å². The Morgan fingerprint density at radius 3 is 1.74 bits per heavy atom. The van der Waals surface area contributed by atoms with Gasteiger partial charge in [-0.15, -0.1) is 0 Å². The molecule has 8 nitrogen and oxygen atoms in total. The summed E-state index contributed by atoms with van der Waals surface area (Å²) in [5, 5.41) is 5.86. The van der Waals surface area contributed by atoms with Crippen molar-refractivity contribution in [1.82, 2.24) is 10.6 Å².